The van der Waals surface area contributed by atoms with Crippen molar-refractivity contribution in [1.29, 1.82) is 0 Å². The number of non-ortho nitro benzene ring substituents is 1. The van der Waals surface area contributed by atoms with Crippen molar-refractivity contribution >= 4 is 17.3 Å². The summed E-state index contributed by atoms with van der Waals surface area (Å²) in [5, 5.41) is 13.5. The van der Waals surface area contributed by atoms with Gasteiger partial charge in [-0.1, -0.05) is 18.2 Å². The van der Waals surface area contributed by atoms with E-state index in [1.54, 1.807) is 30.3 Å². The molecule has 2 aromatic carbocycles. The van der Waals surface area contributed by atoms with Crippen molar-refractivity contribution in [3.63, 3.8) is 0 Å². The van der Waals surface area contributed by atoms with Gasteiger partial charge in [-0.2, -0.15) is 4.73 Å². The highest BCUT2D eigenvalue weighted by Crippen LogP contribution is 2.17. The molecule has 0 fully saturated rings. The maximum Gasteiger partial charge on any atom is 0.295 e. The van der Waals surface area contributed by atoms with E-state index in [2.05, 4.69) is 5.32 Å². The van der Waals surface area contributed by atoms with Crippen molar-refractivity contribution in [3.05, 3.63) is 98.5 Å². The summed E-state index contributed by atoms with van der Waals surface area (Å²) in [4.78, 5) is 40.8. The highest BCUT2D eigenvalue weighted by Gasteiger charge is 2.14. The second-order valence-electron chi connectivity index (χ2n) is 5.94. The molecule has 3 rings (SSSR count). The third kappa shape index (κ3) is 4.78. The number of hydrogen-bond donors (Lipinski definition) is 1. The SMILES string of the molecule is COc1cccc(NC(=O)c2cccn(OCc3cccc([N+](=O)[O-])c3)c2=O)c1. The molecule has 1 heterocycles. The minimum atomic E-state index is -0.654. The second-order valence-corrected chi connectivity index (χ2v) is 5.94. The van der Waals surface area contributed by atoms with E-state index in [1.807, 2.05) is 0 Å². The van der Waals surface area contributed by atoms with Crippen LogP contribution in [0.15, 0.2) is 71.7 Å². The Bertz CT molecular complexity index is 1110. The number of nitrogens with zero attached hydrogens (tertiary/aromatic N) is 2. The Morgan fingerprint density at radius 3 is 2.69 bits per heavy atom. The number of carbonyl (C=O) groups is 1. The summed E-state index contributed by atoms with van der Waals surface area (Å²) in [5.41, 5.74) is 0.136. The fourth-order valence-corrected chi connectivity index (χ4v) is 2.55. The fourth-order valence-electron chi connectivity index (χ4n) is 2.55. The average molecular weight is 395 g/mol. The quantitative estimate of drug-likeness (QED) is 0.486. The van der Waals surface area contributed by atoms with Crippen LogP contribution in [0, 0.1) is 10.1 Å². The molecule has 1 aromatic heterocycles. The van der Waals surface area contributed by atoms with Crippen LogP contribution in [0.3, 0.4) is 0 Å². The average Bonchev–Trinajstić information content (AvgIpc) is 2.73. The molecule has 0 aliphatic rings. The predicted octanol–water partition coefficient (Wildman–Crippen LogP) is 2.65. The van der Waals surface area contributed by atoms with Crippen LogP contribution >= 0.6 is 0 Å². The highest BCUT2D eigenvalue weighted by atomic mass is 16.7. The maximum atomic E-state index is 12.6. The molecule has 0 saturated heterocycles. The summed E-state index contributed by atoms with van der Waals surface area (Å²) in [6, 6.07) is 15.5. The van der Waals surface area contributed by atoms with Crippen LogP contribution in [0.25, 0.3) is 0 Å². The van der Waals surface area contributed by atoms with Gasteiger partial charge in [0.25, 0.3) is 17.2 Å². The topological polar surface area (TPSA) is 113 Å². The Morgan fingerprint density at radius 1 is 1.14 bits per heavy atom. The van der Waals surface area contributed by atoms with E-state index in [0.717, 1.165) is 4.73 Å². The molecule has 0 saturated carbocycles. The van der Waals surface area contributed by atoms with Crippen LogP contribution in [-0.2, 0) is 6.61 Å². The van der Waals surface area contributed by atoms with Crippen molar-refractivity contribution in [2.24, 2.45) is 0 Å². The van der Waals surface area contributed by atoms with Crippen molar-refractivity contribution in [1.82, 2.24) is 4.73 Å². The van der Waals surface area contributed by atoms with Gasteiger partial charge in [-0.25, -0.2) is 0 Å². The third-order valence-electron chi connectivity index (χ3n) is 3.98. The molecule has 0 bridgehead atoms. The molecule has 148 valence electrons. The monoisotopic (exact) mass is 395 g/mol. The molecule has 9 nitrogen and oxygen atoms in total. The van der Waals surface area contributed by atoms with Crippen LogP contribution < -0.4 is 20.5 Å². The first-order chi connectivity index (χ1) is 14.0. The highest BCUT2D eigenvalue weighted by molar-refractivity contribution is 6.04. The first-order valence-electron chi connectivity index (χ1n) is 8.51. The molecule has 0 unspecified atom stereocenters. The van der Waals surface area contributed by atoms with Crippen molar-refractivity contribution in [2.75, 3.05) is 12.4 Å². The normalized spacial score (nSPS) is 10.2. The van der Waals surface area contributed by atoms with E-state index < -0.39 is 16.4 Å². The number of anilines is 1. The molecule has 1 N–H and O–H groups in total. The second kappa shape index (κ2) is 8.70. The lowest BCUT2D eigenvalue weighted by molar-refractivity contribution is -0.384. The lowest BCUT2D eigenvalue weighted by atomic mass is 10.2. The first kappa shape index (κ1) is 19.6. The van der Waals surface area contributed by atoms with Crippen LogP contribution in [0.5, 0.6) is 5.75 Å². The van der Waals surface area contributed by atoms with Gasteiger partial charge >= 0.3 is 0 Å². The van der Waals surface area contributed by atoms with Crippen LogP contribution in [0.2, 0.25) is 0 Å². The van der Waals surface area contributed by atoms with Gasteiger partial charge in [0, 0.05) is 30.1 Å². The number of rotatable bonds is 7. The number of nitro groups is 1. The lowest BCUT2D eigenvalue weighted by Crippen LogP contribution is -2.32. The molecule has 0 atom stereocenters. The summed E-state index contributed by atoms with van der Waals surface area (Å²) in [6.45, 7) is -0.0808. The maximum absolute atomic E-state index is 12.6. The lowest BCUT2D eigenvalue weighted by Gasteiger charge is -2.10. The third-order valence-corrected chi connectivity index (χ3v) is 3.98. The zero-order valence-corrected chi connectivity index (χ0v) is 15.4. The fraction of sp³-hybridized carbons (Fsp3) is 0.100. The van der Waals surface area contributed by atoms with Gasteiger partial charge in [0.2, 0.25) is 0 Å². The Kier molecular flexibility index (Phi) is 5.88. The minimum Gasteiger partial charge on any atom is -0.497 e. The van der Waals surface area contributed by atoms with E-state index in [1.165, 1.54) is 43.6 Å². The summed E-state index contributed by atoms with van der Waals surface area (Å²) >= 11 is 0. The Morgan fingerprint density at radius 2 is 1.93 bits per heavy atom. The zero-order chi connectivity index (χ0) is 20.8. The van der Waals surface area contributed by atoms with Crippen LogP contribution in [-0.4, -0.2) is 22.7 Å². The minimum absolute atomic E-state index is 0.0788. The summed E-state index contributed by atoms with van der Waals surface area (Å²) in [5.74, 6) is -0.0369. The number of carbonyl (C=O) groups excluding carboxylic acids is 1. The molecule has 0 spiro atoms. The van der Waals surface area contributed by atoms with Crippen LogP contribution in [0.4, 0.5) is 11.4 Å². The van der Waals surface area contributed by atoms with Gasteiger partial charge in [-0.3, -0.25) is 19.7 Å². The Hall–Kier alpha value is -4.14. The van der Waals surface area contributed by atoms with Crippen LogP contribution in [0.1, 0.15) is 15.9 Å². The number of ether oxygens (including phenoxy) is 1. The predicted molar refractivity (Wildman–Crippen MR) is 105 cm³/mol. The summed E-state index contributed by atoms with van der Waals surface area (Å²) in [6.07, 6.45) is 1.36. The molecule has 0 radical (unpaired) electrons. The molecule has 9 heteroatoms. The number of methoxy groups -OCH3 is 1. The number of nitrogens with one attached hydrogen (secondary N) is 1. The Balaban J connectivity index is 1.75. The number of hydrogen-bond acceptors (Lipinski definition) is 6. The van der Waals surface area contributed by atoms with Gasteiger partial charge in [-0.15, -0.1) is 0 Å². The number of benzene rings is 2. The molecule has 0 aliphatic heterocycles. The number of pyridine rings is 1. The van der Waals surface area contributed by atoms with Crippen molar-refractivity contribution in [3.8, 4) is 5.75 Å². The van der Waals surface area contributed by atoms with Gasteiger partial charge in [0.1, 0.15) is 17.9 Å². The van der Waals surface area contributed by atoms with E-state index in [4.69, 9.17) is 9.57 Å². The largest absolute Gasteiger partial charge is 0.497 e. The van der Waals surface area contributed by atoms with Crippen molar-refractivity contribution < 1.29 is 19.3 Å². The van der Waals surface area contributed by atoms with E-state index >= 15 is 0 Å². The van der Waals surface area contributed by atoms with E-state index in [0.29, 0.717) is 17.0 Å². The zero-order valence-electron chi connectivity index (χ0n) is 15.4. The smallest absolute Gasteiger partial charge is 0.295 e. The van der Waals surface area contributed by atoms with E-state index in [-0.39, 0.29) is 17.9 Å². The molecule has 0 aliphatic carbocycles. The standard InChI is InChI=1S/C20H17N3O6/c1-28-17-8-3-6-15(12-17)21-19(24)18-9-4-10-22(20(18)25)29-13-14-5-2-7-16(11-14)23(26)27/h2-12H,13H2,1H3,(H,21,24). The van der Waals surface area contributed by atoms with Gasteiger partial charge in [0.05, 0.1) is 12.0 Å². The summed E-state index contributed by atoms with van der Waals surface area (Å²) in [7, 11) is 1.51. The molecule has 29 heavy (non-hydrogen) atoms. The van der Waals surface area contributed by atoms with Gasteiger partial charge in [0.15, 0.2) is 0 Å². The number of aromatic nitrogens is 1. The van der Waals surface area contributed by atoms with E-state index in [9.17, 15) is 19.7 Å². The Labute approximate surface area is 165 Å². The first-order valence-corrected chi connectivity index (χ1v) is 8.51. The number of amides is 1. The number of nitro benzene ring substituents is 1. The summed E-state index contributed by atoms with van der Waals surface area (Å²) < 4.78 is 6.02. The molecule has 1 amide bonds. The van der Waals surface area contributed by atoms with Crippen molar-refractivity contribution in [2.45, 2.75) is 6.61 Å². The molecular formula is C20H17N3O6. The van der Waals surface area contributed by atoms with Gasteiger partial charge in [-0.05, 0) is 29.8 Å². The van der Waals surface area contributed by atoms with Gasteiger partial charge < -0.3 is 14.9 Å². The molecule has 3 aromatic rings. The molecular weight excluding hydrogens is 378 g/mol.